The summed E-state index contributed by atoms with van der Waals surface area (Å²) < 4.78 is 0. The average molecular weight is 285 g/mol. The number of nitrogens with zero attached hydrogens (tertiary/aromatic N) is 1. The summed E-state index contributed by atoms with van der Waals surface area (Å²) in [6.45, 7) is 1.82. The molecule has 6 heteroatoms. The number of aromatic nitrogens is 1. The fourth-order valence-corrected chi connectivity index (χ4v) is 1.82. The number of carboxylic acid groups (broad SMARTS) is 1. The van der Waals surface area contributed by atoms with Crippen LogP contribution in [0.25, 0.3) is 0 Å². The first-order valence-corrected chi connectivity index (χ1v) is 6.34. The standard InChI is InChI=1S/C15H15N3O3/c1-10-7-8-16-9-12(10)17-15(21)18-13(14(19)20)11-5-3-2-4-6-11/h2-9,13H,1H3,(H,19,20)(H2,17,18,21)/t13-/m0/s1. The molecule has 0 bridgehead atoms. The van der Waals surface area contributed by atoms with E-state index in [0.29, 0.717) is 11.3 Å². The van der Waals surface area contributed by atoms with Crippen LogP contribution in [-0.2, 0) is 4.79 Å². The van der Waals surface area contributed by atoms with Crippen molar-refractivity contribution in [2.75, 3.05) is 5.32 Å². The number of hydrogen-bond donors (Lipinski definition) is 3. The molecule has 2 rings (SSSR count). The molecule has 21 heavy (non-hydrogen) atoms. The Kier molecular flexibility index (Phi) is 4.50. The number of rotatable bonds is 4. The number of carboxylic acids is 1. The Labute approximate surface area is 121 Å². The molecule has 1 heterocycles. The summed E-state index contributed by atoms with van der Waals surface area (Å²) in [4.78, 5) is 27.2. The van der Waals surface area contributed by atoms with Crippen LogP contribution in [-0.4, -0.2) is 22.1 Å². The quantitative estimate of drug-likeness (QED) is 0.804. The third-order valence-electron chi connectivity index (χ3n) is 2.94. The molecule has 0 unspecified atom stereocenters. The Hall–Kier alpha value is -2.89. The van der Waals surface area contributed by atoms with E-state index in [9.17, 15) is 14.7 Å². The summed E-state index contributed by atoms with van der Waals surface area (Å²) in [5, 5.41) is 14.3. The minimum Gasteiger partial charge on any atom is -0.479 e. The molecule has 6 nitrogen and oxygen atoms in total. The highest BCUT2D eigenvalue weighted by Gasteiger charge is 2.21. The van der Waals surface area contributed by atoms with Gasteiger partial charge in [0.15, 0.2) is 6.04 Å². The van der Waals surface area contributed by atoms with E-state index in [4.69, 9.17) is 0 Å². The maximum Gasteiger partial charge on any atom is 0.330 e. The maximum absolute atomic E-state index is 11.9. The van der Waals surface area contributed by atoms with Crippen molar-refractivity contribution in [3.8, 4) is 0 Å². The van der Waals surface area contributed by atoms with Gasteiger partial charge in [0.05, 0.1) is 11.9 Å². The van der Waals surface area contributed by atoms with Crippen molar-refractivity contribution in [2.24, 2.45) is 0 Å². The van der Waals surface area contributed by atoms with E-state index in [0.717, 1.165) is 5.56 Å². The summed E-state index contributed by atoms with van der Waals surface area (Å²) in [5.41, 5.74) is 1.88. The molecule has 0 saturated heterocycles. The Balaban J connectivity index is 2.10. The van der Waals surface area contributed by atoms with E-state index in [1.54, 1.807) is 42.6 Å². The first-order valence-electron chi connectivity index (χ1n) is 6.34. The smallest absolute Gasteiger partial charge is 0.330 e. The zero-order valence-corrected chi connectivity index (χ0v) is 11.4. The van der Waals surface area contributed by atoms with Gasteiger partial charge in [0.2, 0.25) is 0 Å². The maximum atomic E-state index is 11.9. The Morgan fingerprint density at radius 3 is 2.52 bits per heavy atom. The number of amides is 2. The van der Waals surface area contributed by atoms with E-state index in [1.807, 2.05) is 6.92 Å². The molecule has 0 radical (unpaired) electrons. The van der Waals surface area contributed by atoms with E-state index in [-0.39, 0.29) is 0 Å². The zero-order chi connectivity index (χ0) is 15.2. The first kappa shape index (κ1) is 14.5. The zero-order valence-electron chi connectivity index (χ0n) is 11.4. The van der Waals surface area contributed by atoms with Gasteiger partial charge in [0, 0.05) is 6.20 Å². The van der Waals surface area contributed by atoms with Crippen molar-refractivity contribution in [3.05, 3.63) is 59.9 Å². The van der Waals surface area contributed by atoms with Crippen LogP contribution in [0.15, 0.2) is 48.8 Å². The summed E-state index contributed by atoms with van der Waals surface area (Å²) in [6.07, 6.45) is 3.12. The van der Waals surface area contributed by atoms with Crippen LogP contribution in [0.2, 0.25) is 0 Å². The van der Waals surface area contributed by atoms with Crippen LogP contribution in [0.5, 0.6) is 0 Å². The molecule has 1 aromatic carbocycles. The van der Waals surface area contributed by atoms with Crippen molar-refractivity contribution < 1.29 is 14.7 Å². The Morgan fingerprint density at radius 1 is 1.19 bits per heavy atom. The second-order valence-corrected chi connectivity index (χ2v) is 4.47. The lowest BCUT2D eigenvalue weighted by Gasteiger charge is -2.16. The summed E-state index contributed by atoms with van der Waals surface area (Å²) in [6, 6.07) is 8.56. The third-order valence-corrected chi connectivity index (χ3v) is 2.94. The number of pyridine rings is 1. The number of urea groups is 1. The lowest BCUT2D eigenvalue weighted by atomic mass is 10.1. The van der Waals surface area contributed by atoms with Gasteiger partial charge in [-0.2, -0.15) is 0 Å². The van der Waals surface area contributed by atoms with Crippen molar-refractivity contribution in [3.63, 3.8) is 0 Å². The van der Waals surface area contributed by atoms with Gasteiger partial charge in [-0.25, -0.2) is 9.59 Å². The monoisotopic (exact) mass is 285 g/mol. The van der Waals surface area contributed by atoms with Crippen LogP contribution in [0.1, 0.15) is 17.2 Å². The number of benzene rings is 1. The number of carbonyl (C=O) groups excluding carboxylic acids is 1. The second kappa shape index (κ2) is 6.51. The van der Waals surface area contributed by atoms with Crippen molar-refractivity contribution in [1.29, 1.82) is 0 Å². The fourth-order valence-electron chi connectivity index (χ4n) is 1.82. The molecule has 2 aromatic rings. The lowest BCUT2D eigenvalue weighted by molar-refractivity contribution is -0.139. The lowest BCUT2D eigenvalue weighted by Crippen LogP contribution is -2.36. The first-order chi connectivity index (χ1) is 10.1. The van der Waals surface area contributed by atoms with E-state index >= 15 is 0 Å². The molecule has 0 saturated carbocycles. The highest BCUT2D eigenvalue weighted by Crippen LogP contribution is 2.14. The summed E-state index contributed by atoms with van der Waals surface area (Å²) in [5.74, 6) is -1.13. The second-order valence-electron chi connectivity index (χ2n) is 4.47. The van der Waals surface area contributed by atoms with Crippen LogP contribution in [0, 0.1) is 6.92 Å². The van der Waals surface area contributed by atoms with Gasteiger partial charge in [-0.3, -0.25) is 4.98 Å². The average Bonchev–Trinajstić information content (AvgIpc) is 2.48. The number of aryl methyl sites for hydroxylation is 1. The molecular formula is C15H15N3O3. The number of anilines is 1. The molecule has 3 N–H and O–H groups in total. The SMILES string of the molecule is Cc1ccncc1NC(=O)N[C@H](C(=O)O)c1ccccc1. The molecule has 0 aliphatic rings. The van der Waals surface area contributed by atoms with E-state index < -0.39 is 18.0 Å². The topological polar surface area (TPSA) is 91.3 Å². The molecule has 2 amide bonds. The number of carbonyl (C=O) groups is 2. The molecule has 108 valence electrons. The third kappa shape index (κ3) is 3.79. The van der Waals surface area contributed by atoms with Crippen molar-refractivity contribution >= 4 is 17.7 Å². The normalized spacial score (nSPS) is 11.5. The van der Waals surface area contributed by atoms with Gasteiger partial charge < -0.3 is 15.7 Å². The van der Waals surface area contributed by atoms with Gasteiger partial charge >= 0.3 is 12.0 Å². The molecule has 0 aliphatic carbocycles. The minimum atomic E-state index is -1.13. The van der Waals surface area contributed by atoms with Gasteiger partial charge in [-0.05, 0) is 24.1 Å². The minimum absolute atomic E-state index is 0.503. The molecule has 1 atom stereocenters. The summed E-state index contributed by atoms with van der Waals surface area (Å²) in [7, 11) is 0. The molecule has 0 spiro atoms. The summed E-state index contributed by atoms with van der Waals surface area (Å²) >= 11 is 0. The molecular weight excluding hydrogens is 270 g/mol. The number of nitrogens with one attached hydrogen (secondary N) is 2. The number of hydrogen-bond acceptors (Lipinski definition) is 3. The molecule has 0 fully saturated rings. The van der Waals surface area contributed by atoms with E-state index in [2.05, 4.69) is 15.6 Å². The van der Waals surface area contributed by atoms with Gasteiger partial charge in [-0.1, -0.05) is 30.3 Å². The van der Waals surface area contributed by atoms with Crippen molar-refractivity contribution in [2.45, 2.75) is 13.0 Å². The molecule has 1 aromatic heterocycles. The Bertz CT molecular complexity index is 644. The predicted octanol–water partition coefficient (Wildman–Crippen LogP) is 2.34. The van der Waals surface area contributed by atoms with Crippen molar-refractivity contribution in [1.82, 2.24) is 10.3 Å². The largest absolute Gasteiger partial charge is 0.479 e. The molecule has 0 aliphatic heterocycles. The Morgan fingerprint density at radius 2 is 1.90 bits per heavy atom. The highest BCUT2D eigenvalue weighted by molar-refractivity contribution is 5.93. The van der Waals surface area contributed by atoms with Crippen LogP contribution in [0.4, 0.5) is 10.5 Å². The number of aliphatic carboxylic acids is 1. The van der Waals surface area contributed by atoms with Crippen LogP contribution < -0.4 is 10.6 Å². The van der Waals surface area contributed by atoms with Gasteiger partial charge in [0.25, 0.3) is 0 Å². The fraction of sp³-hybridized carbons (Fsp3) is 0.133. The van der Waals surface area contributed by atoms with Gasteiger partial charge in [-0.15, -0.1) is 0 Å². The van der Waals surface area contributed by atoms with Crippen LogP contribution in [0.3, 0.4) is 0 Å². The van der Waals surface area contributed by atoms with E-state index in [1.165, 1.54) is 6.20 Å². The highest BCUT2D eigenvalue weighted by atomic mass is 16.4. The predicted molar refractivity (Wildman–Crippen MR) is 77.9 cm³/mol. The van der Waals surface area contributed by atoms with Gasteiger partial charge in [0.1, 0.15) is 0 Å². The van der Waals surface area contributed by atoms with Crippen LogP contribution >= 0.6 is 0 Å².